The van der Waals surface area contributed by atoms with E-state index in [1.807, 2.05) is 164 Å². The molecular formula is C72H66Br2O8S8. The highest BCUT2D eigenvalue weighted by molar-refractivity contribution is 9.10. The predicted octanol–water partition coefficient (Wildman–Crippen LogP) is 21.5. The van der Waals surface area contributed by atoms with Crippen molar-refractivity contribution in [2.24, 2.45) is 11.8 Å². The van der Waals surface area contributed by atoms with Gasteiger partial charge in [0.25, 0.3) is 0 Å². The van der Waals surface area contributed by atoms with Crippen molar-refractivity contribution in [2.75, 3.05) is 0 Å². The van der Waals surface area contributed by atoms with Crippen molar-refractivity contribution in [3.05, 3.63) is 191 Å². The van der Waals surface area contributed by atoms with Crippen molar-refractivity contribution < 1.29 is 39.0 Å². The van der Waals surface area contributed by atoms with Gasteiger partial charge in [-0.3, -0.25) is 28.8 Å². The first-order chi connectivity index (χ1) is 42.2. The minimum Gasteiger partial charge on any atom is -0.382 e. The van der Waals surface area contributed by atoms with Crippen molar-refractivity contribution in [1.29, 1.82) is 0 Å². The Morgan fingerprint density at radius 3 is 0.667 bits per heavy atom. The Hall–Kier alpha value is -4.54. The maximum atomic E-state index is 12.5. The fourth-order valence-electron chi connectivity index (χ4n) is 9.15. The predicted molar refractivity (Wildman–Crippen MR) is 379 cm³/mol. The van der Waals surface area contributed by atoms with Gasteiger partial charge < -0.3 is 10.2 Å². The number of rotatable bonds is 12. The number of Topliss-reactive ketones (excluding diaryl/α,β-unsaturated/α-hetero) is 6. The van der Waals surface area contributed by atoms with E-state index >= 15 is 0 Å². The topological polar surface area (TPSA) is 143 Å². The summed E-state index contributed by atoms with van der Waals surface area (Å²) in [6, 6.07) is 51.4. The van der Waals surface area contributed by atoms with Gasteiger partial charge >= 0.3 is 0 Å². The molecule has 2 N–H and O–H groups in total. The van der Waals surface area contributed by atoms with Crippen LogP contribution in [0.2, 0.25) is 0 Å². The Kier molecular flexibility index (Phi) is 22.2. The molecule has 0 atom stereocenters. The number of fused-ring (bicyclic) bond motifs is 8. The molecule has 0 amide bonds. The van der Waals surface area contributed by atoms with Gasteiger partial charge in [0.2, 0.25) is 0 Å². The van der Waals surface area contributed by atoms with Crippen molar-refractivity contribution in [3.63, 3.8) is 0 Å². The van der Waals surface area contributed by atoms with Gasteiger partial charge in [-0.25, -0.2) is 0 Å². The van der Waals surface area contributed by atoms with Gasteiger partial charge in [0.05, 0.1) is 8.65 Å². The summed E-state index contributed by atoms with van der Waals surface area (Å²) in [4.78, 5) is 92.4. The van der Waals surface area contributed by atoms with Crippen LogP contribution in [0.4, 0.5) is 0 Å². The molecule has 0 aliphatic carbocycles. The van der Waals surface area contributed by atoms with E-state index in [-0.39, 0.29) is 46.5 Å². The van der Waals surface area contributed by atoms with Crippen LogP contribution < -0.4 is 0 Å². The standard InChI is InChI=1S/C20H18Br2O2S2.C20H20O4S2.C20H20O2S2.C12H8S2/c1-19(2,21)17(23)11-5-7-13-15(9-11)26-16-10-12(6-8-14(16)25-13)18(24)20(3,4)22;1-19(2,23)17(21)11-5-7-13-15(9-11)26-16-10-12(6-8-14(16)25-13)18(22)20(3,4)24;1-11(2)19(21)13-5-7-15-17(9-13)24-18-10-14(20(22)12(3)4)6-8-16(18)23-15;1-2-6-10-9(5-1)13-11-7-3-4-8-12(11)14-10/h5-10H,1-4H3;5-10,23-24H,1-4H3;5-12H,1-4H3;1-8H. The molecule has 18 heteroatoms. The number of hydrogen-bond acceptors (Lipinski definition) is 16. The zero-order valence-electron chi connectivity index (χ0n) is 51.5. The van der Waals surface area contributed by atoms with Gasteiger partial charge in [0.15, 0.2) is 34.7 Å². The number of hydrogen-bond donors (Lipinski definition) is 2. The summed E-state index contributed by atoms with van der Waals surface area (Å²) in [5.41, 5.74) is 0.958. The monoisotopic (exact) mass is 1470 g/mol. The Morgan fingerprint density at radius 1 is 0.289 bits per heavy atom. The molecule has 0 bridgehead atoms. The lowest BCUT2D eigenvalue weighted by Gasteiger charge is -2.22. The van der Waals surface area contributed by atoms with Crippen LogP contribution >= 0.6 is 126 Å². The lowest BCUT2D eigenvalue weighted by Crippen LogP contribution is -2.31. The van der Waals surface area contributed by atoms with E-state index in [9.17, 15) is 39.0 Å². The van der Waals surface area contributed by atoms with Crippen LogP contribution in [0.3, 0.4) is 0 Å². The second kappa shape index (κ2) is 28.6. The average molecular weight is 1480 g/mol. The highest BCUT2D eigenvalue weighted by Gasteiger charge is 2.32. The maximum Gasteiger partial charge on any atom is 0.193 e. The Morgan fingerprint density at radius 2 is 0.467 bits per heavy atom. The van der Waals surface area contributed by atoms with Gasteiger partial charge in [0, 0.05) is 124 Å². The average Bonchev–Trinajstić information content (AvgIpc) is 0.967. The molecule has 4 aliphatic heterocycles. The fourth-order valence-corrected chi connectivity index (χ4v) is 18.7. The minimum atomic E-state index is -1.43. The van der Waals surface area contributed by atoms with E-state index in [2.05, 4.69) is 80.4 Å². The fraction of sp³-hybridized carbons (Fsp3) is 0.250. The van der Waals surface area contributed by atoms with Gasteiger partial charge in [-0.2, -0.15) is 0 Å². The summed E-state index contributed by atoms with van der Waals surface area (Å²) in [5, 5.41) is 19.9. The number of carbonyl (C=O) groups is 6. The third-order valence-electron chi connectivity index (χ3n) is 14.0. The number of alkyl halides is 2. The Bertz CT molecular complexity index is 3720. The smallest absolute Gasteiger partial charge is 0.193 e. The van der Waals surface area contributed by atoms with Crippen LogP contribution in [0.1, 0.15) is 145 Å². The summed E-state index contributed by atoms with van der Waals surface area (Å²) in [5.74, 6) is -0.233. The summed E-state index contributed by atoms with van der Waals surface area (Å²) < 4.78 is -1.18. The zero-order chi connectivity index (χ0) is 65.4. The molecule has 8 aromatic rings. The summed E-state index contributed by atoms with van der Waals surface area (Å²) in [7, 11) is 0. The van der Waals surface area contributed by atoms with Crippen molar-refractivity contribution >= 4 is 161 Å². The Labute approximate surface area is 578 Å². The molecule has 12 rings (SSSR count). The molecule has 0 unspecified atom stereocenters. The normalized spacial score (nSPS) is 13.4. The number of carbonyl (C=O) groups excluding carboxylic acids is 6. The van der Waals surface area contributed by atoms with Crippen LogP contribution in [0, 0.1) is 11.8 Å². The molecule has 0 aromatic heterocycles. The molecule has 0 fully saturated rings. The molecule has 464 valence electrons. The number of aliphatic hydroxyl groups is 2. The second-order valence-corrected chi connectivity index (χ2v) is 36.7. The summed E-state index contributed by atoms with van der Waals surface area (Å²) in [6.45, 7) is 21.0. The van der Waals surface area contributed by atoms with Gasteiger partial charge in [0.1, 0.15) is 11.2 Å². The van der Waals surface area contributed by atoms with Crippen LogP contribution in [0.5, 0.6) is 0 Å². The molecule has 4 heterocycles. The molecule has 90 heavy (non-hydrogen) atoms. The van der Waals surface area contributed by atoms with E-state index < -0.39 is 19.9 Å². The van der Waals surface area contributed by atoms with E-state index in [0.717, 1.165) is 69.9 Å². The molecule has 0 saturated heterocycles. The largest absolute Gasteiger partial charge is 0.382 e. The van der Waals surface area contributed by atoms with E-state index in [1.165, 1.54) is 59.0 Å². The molecule has 4 aliphatic rings. The van der Waals surface area contributed by atoms with Gasteiger partial charge in [-0.15, -0.1) is 0 Å². The van der Waals surface area contributed by atoms with Crippen molar-refractivity contribution in [2.45, 2.75) is 181 Å². The van der Waals surface area contributed by atoms with Gasteiger partial charge in [-0.05, 0) is 152 Å². The molecular weight excluding hydrogens is 1410 g/mol. The quantitative estimate of drug-likeness (QED) is 0.0884. The van der Waals surface area contributed by atoms with Crippen LogP contribution in [-0.2, 0) is 0 Å². The highest BCUT2D eigenvalue weighted by atomic mass is 79.9. The first kappa shape index (κ1) is 69.8. The summed E-state index contributed by atoms with van der Waals surface area (Å²) in [6.07, 6.45) is 0. The summed E-state index contributed by atoms with van der Waals surface area (Å²) >= 11 is 20.3. The first-order valence-corrected chi connectivity index (χ1v) is 36.9. The molecule has 0 spiro atoms. The first-order valence-electron chi connectivity index (χ1n) is 28.8. The second-order valence-electron chi connectivity index (χ2n) is 24.1. The van der Waals surface area contributed by atoms with Crippen LogP contribution in [-0.4, -0.2) is 64.8 Å². The zero-order valence-corrected chi connectivity index (χ0v) is 61.2. The van der Waals surface area contributed by atoms with Crippen molar-refractivity contribution in [3.8, 4) is 0 Å². The molecule has 8 aromatic carbocycles. The van der Waals surface area contributed by atoms with Crippen LogP contribution in [0.15, 0.2) is 236 Å². The van der Waals surface area contributed by atoms with E-state index in [1.54, 1.807) is 83.1 Å². The highest BCUT2D eigenvalue weighted by Crippen LogP contribution is 2.53. The number of ketones is 6. The lowest BCUT2D eigenvalue weighted by molar-refractivity contribution is 0.0487. The number of benzene rings is 8. The molecule has 8 nitrogen and oxygen atoms in total. The van der Waals surface area contributed by atoms with Crippen LogP contribution in [0.25, 0.3) is 0 Å². The molecule has 0 saturated carbocycles. The van der Waals surface area contributed by atoms with Gasteiger partial charge in [-0.1, -0.05) is 214 Å². The minimum absolute atomic E-state index is 0.00755. The third kappa shape index (κ3) is 16.9. The van der Waals surface area contributed by atoms with E-state index in [4.69, 9.17) is 0 Å². The third-order valence-corrected chi connectivity index (χ3v) is 24.8. The lowest BCUT2D eigenvalue weighted by atomic mass is 9.97. The number of halogens is 2. The SMILES string of the molecule is CC(C)(Br)C(=O)c1ccc2c(c1)Sc1cc(C(=O)C(C)(C)Br)ccc1S2.CC(C)(O)C(=O)c1ccc2c(c1)Sc1cc(C(=O)C(C)(C)O)ccc1S2.CC(C)C(=O)c1ccc2c(c1)Sc1cc(C(=O)C(C)C)ccc1S2.c1ccc2c(c1)Sc1ccccc1S2. The van der Waals surface area contributed by atoms with E-state index in [0.29, 0.717) is 22.3 Å². The maximum absolute atomic E-state index is 12.5. The Balaban J connectivity index is 0.000000145. The van der Waals surface area contributed by atoms with Crippen molar-refractivity contribution in [1.82, 2.24) is 0 Å². The molecule has 0 radical (unpaired) electrons.